The molecule has 1 aromatic rings. The van der Waals surface area contributed by atoms with Crippen LogP contribution in [0.25, 0.3) is 0 Å². The highest BCUT2D eigenvalue weighted by Gasteiger charge is 2.65. The number of ketones is 2. The summed E-state index contributed by atoms with van der Waals surface area (Å²) in [5.74, 6) is -6.02. The monoisotopic (exact) mass is 471 g/mol. The summed E-state index contributed by atoms with van der Waals surface area (Å²) in [7, 11) is 6.80. The van der Waals surface area contributed by atoms with Crippen LogP contribution in [0.1, 0.15) is 29.3 Å². The lowest BCUT2D eigenvalue weighted by atomic mass is 9.53. The van der Waals surface area contributed by atoms with E-state index in [4.69, 9.17) is 5.73 Å². The number of fused-ring (bicyclic) bond motifs is 3. The zero-order valence-corrected chi connectivity index (χ0v) is 19.7. The first kappa shape index (κ1) is 23.8. The van der Waals surface area contributed by atoms with Gasteiger partial charge in [0.05, 0.1) is 11.6 Å². The number of aliphatic hydroxyl groups is 3. The van der Waals surface area contributed by atoms with Crippen LogP contribution in [0.3, 0.4) is 0 Å². The molecule has 0 unspecified atom stereocenters. The molecule has 0 saturated carbocycles. The number of likely N-dealkylation sites (N-methyl/N-ethyl adjacent to an activating group) is 1. The SMILES string of the molecule is CN(C)c1ccc(O)c2c1C[C@@]1(C)C[C@H]3[C@H](N(C)C)C(O)=C(C(N)=O)C(=O)[C@@]3(O)C(O)=C1C2=O. The summed E-state index contributed by atoms with van der Waals surface area (Å²) in [4.78, 5) is 42.4. The van der Waals surface area contributed by atoms with Gasteiger partial charge in [0.15, 0.2) is 11.4 Å². The first-order chi connectivity index (χ1) is 15.7. The van der Waals surface area contributed by atoms with E-state index >= 15 is 0 Å². The van der Waals surface area contributed by atoms with Crippen molar-refractivity contribution in [2.45, 2.75) is 31.4 Å². The number of aromatic hydroxyl groups is 1. The van der Waals surface area contributed by atoms with Crippen LogP contribution in [-0.4, -0.2) is 82.6 Å². The number of phenols is 1. The molecule has 0 aromatic heterocycles. The van der Waals surface area contributed by atoms with Crippen molar-refractivity contribution in [3.05, 3.63) is 45.9 Å². The maximum atomic E-state index is 13.7. The van der Waals surface area contributed by atoms with Gasteiger partial charge < -0.3 is 31.1 Å². The molecule has 3 aliphatic carbocycles. The van der Waals surface area contributed by atoms with Crippen LogP contribution in [0.5, 0.6) is 5.75 Å². The Hall–Kier alpha value is -3.37. The Kier molecular flexibility index (Phi) is 5.11. The molecule has 1 aromatic carbocycles. The molecule has 0 radical (unpaired) electrons. The highest BCUT2D eigenvalue weighted by molar-refractivity contribution is 6.25. The number of nitrogens with zero attached hydrogens (tertiary/aromatic N) is 2. The Morgan fingerprint density at radius 3 is 2.26 bits per heavy atom. The Labute approximate surface area is 196 Å². The van der Waals surface area contributed by atoms with Gasteiger partial charge in [0.1, 0.15) is 22.8 Å². The largest absolute Gasteiger partial charge is 0.510 e. The van der Waals surface area contributed by atoms with Crippen molar-refractivity contribution < 1.29 is 34.8 Å². The number of carbonyl (C=O) groups is 3. The molecule has 0 heterocycles. The predicted octanol–water partition coefficient (Wildman–Crippen LogP) is 0.577. The molecule has 10 nitrogen and oxygen atoms in total. The number of rotatable bonds is 3. The summed E-state index contributed by atoms with van der Waals surface area (Å²) in [6.07, 6.45) is 0.255. The minimum atomic E-state index is -2.65. The zero-order chi connectivity index (χ0) is 25.5. The number of carbonyl (C=O) groups excluding carboxylic acids is 3. The number of primary amides is 1. The number of allylic oxidation sites excluding steroid dienone is 1. The van der Waals surface area contributed by atoms with Crippen molar-refractivity contribution in [1.29, 1.82) is 0 Å². The number of amides is 1. The van der Waals surface area contributed by atoms with E-state index in [1.807, 2.05) is 4.90 Å². The summed E-state index contributed by atoms with van der Waals surface area (Å²) in [6, 6.07) is 2.05. The summed E-state index contributed by atoms with van der Waals surface area (Å²) in [5.41, 5.74) is 1.94. The van der Waals surface area contributed by atoms with Crippen molar-refractivity contribution in [3.63, 3.8) is 0 Å². The maximum Gasteiger partial charge on any atom is 0.255 e. The third-order valence-electron chi connectivity index (χ3n) is 7.47. The highest BCUT2D eigenvalue weighted by Crippen LogP contribution is 2.58. The molecule has 34 heavy (non-hydrogen) atoms. The van der Waals surface area contributed by atoms with Gasteiger partial charge in [-0.05, 0) is 44.6 Å². The van der Waals surface area contributed by atoms with E-state index in [9.17, 15) is 34.8 Å². The van der Waals surface area contributed by atoms with Gasteiger partial charge in [-0.3, -0.25) is 19.3 Å². The standard InChI is InChI=1S/C24H29N3O7/c1-23-8-10-12(26(2)3)6-7-13(28)14(10)18(29)16(23)21(32)24(34)11(9-23)17(27(4)5)19(30)15(20(24)31)22(25)33/h6-7,11,17,28,30,32,34H,8-9H2,1-5H3,(H2,25,33)/t11-,17-,23-,24+/m0/s1. The summed E-state index contributed by atoms with van der Waals surface area (Å²) >= 11 is 0. The van der Waals surface area contributed by atoms with E-state index in [0.29, 0.717) is 11.3 Å². The Balaban J connectivity index is 2.03. The molecule has 182 valence electrons. The van der Waals surface area contributed by atoms with Gasteiger partial charge in [-0.15, -0.1) is 0 Å². The Morgan fingerprint density at radius 2 is 1.74 bits per heavy atom. The number of anilines is 1. The summed E-state index contributed by atoms with van der Waals surface area (Å²) in [5, 5.41) is 44.4. The molecule has 4 atom stereocenters. The molecule has 1 amide bonds. The molecule has 10 heteroatoms. The van der Waals surface area contributed by atoms with Crippen LogP contribution in [0.4, 0.5) is 5.69 Å². The van der Waals surface area contributed by atoms with Crippen LogP contribution in [0.15, 0.2) is 34.8 Å². The smallest absolute Gasteiger partial charge is 0.255 e. The van der Waals surface area contributed by atoms with Crippen molar-refractivity contribution >= 4 is 23.2 Å². The molecule has 0 fully saturated rings. The highest BCUT2D eigenvalue weighted by atomic mass is 16.3. The zero-order valence-electron chi connectivity index (χ0n) is 19.7. The molecule has 0 spiro atoms. The average molecular weight is 472 g/mol. The van der Waals surface area contributed by atoms with Crippen molar-refractivity contribution in [2.24, 2.45) is 17.1 Å². The Bertz CT molecular complexity index is 1220. The van der Waals surface area contributed by atoms with Crippen LogP contribution in [0.2, 0.25) is 0 Å². The second-order valence-electron chi connectivity index (χ2n) is 10.1. The van der Waals surface area contributed by atoms with Crippen molar-refractivity contribution in [2.75, 3.05) is 33.1 Å². The predicted molar refractivity (Wildman–Crippen MR) is 123 cm³/mol. The molecule has 0 bridgehead atoms. The van der Waals surface area contributed by atoms with E-state index < -0.39 is 57.5 Å². The van der Waals surface area contributed by atoms with Gasteiger partial charge in [-0.2, -0.15) is 0 Å². The van der Waals surface area contributed by atoms with Gasteiger partial charge >= 0.3 is 0 Å². The fourth-order valence-corrected chi connectivity index (χ4v) is 6.02. The van der Waals surface area contributed by atoms with Crippen LogP contribution < -0.4 is 10.6 Å². The number of phenolic OH excluding ortho intramolecular Hbond substituents is 1. The molecule has 0 saturated heterocycles. The average Bonchev–Trinajstić information content (AvgIpc) is 2.69. The molecular weight excluding hydrogens is 442 g/mol. The molecule has 4 rings (SSSR count). The second-order valence-corrected chi connectivity index (χ2v) is 10.1. The van der Waals surface area contributed by atoms with E-state index in [-0.39, 0.29) is 29.7 Å². The first-order valence-corrected chi connectivity index (χ1v) is 10.9. The number of Topliss-reactive ketones (excluding diaryl/α,β-unsaturated/α-hetero) is 2. The van der Waals surface area contributed by atoms with Gasteiger partial charge in [0.2, 0.25) is 5.78 Å². The van der Waals surface area contributed by atoms with Gasteiger partial charge in [-0.1, -0.05) is 6.92 Å². The molecule has 6 N–H and O–H groups in total. The Morgan fingerprint density at radius 1 is 1.12 bits per heavy atom. The first-order valence-electron chi connectivity index (χ1n) is 10.9. The number of hydrogen-bond donors (Lipinski definition) is 5. The van der Waals surface area contributed by atoms with E-state index in [1.165, 1.54) is 11.0 Å². The van der Waals surface area contributed by atoms with Gasteiger partial charge in [0, 0.05) is 36.7 Å². The summed E-state index contributed by atoms with van der Waals surface area (Å²) < 4.78 is 0. The third-order valence-corrected chi connectivity index (χ3v) is 7.47. The molecular formula is C24H29N3O7. The lowest BCUT2D eigenvalue weighted by Gasteiger charge is -2.53. The normalized spacial score (nSPS) is 30.8. The molecule has 3 aliphatic rings. The van der Waals surface area contributed by atoms with E-state index in [1.54, 1.807) is 41.2 Å². The lowest BCUT2D eigenvalue weighted by molar-refractivity contribution is -0.150. The topological polar surface area (TPSA) is 165 Å². The van der Waals surface area contributed by atoms with Gasteiger partial charge in [0.25, 0.3) is 5.91 Å². The molecule has 0 aliphatic heterocycles. The fourth-order valence-electron chi connectivity index (χ4n) is 6.02. The lowest BCUT2D eigenvalue weighted by Crippen LogP contribution is -2.65. The van der Waals surface area contributed by atoms with Crippen LogP contribution >= 0.6 is 0 Å². The minimum Gasteiger partial charge on any atom is -0.510 e. The fraction of sp³-hybridized carbons (Fsp3) is 0.458. The third kappa shape index (κ3) is 2.85. The second kappa shape index (κ2) is 7.31. The number of aliphatic hydroxyl groups excluding tert-OH is 2. The van der Waals surface area contributed by atoms with Crippen molar-refractivity contribution in [3.8, 4) is 5.75 Å². The van der Waals surface area contributed by atoms with Crippen LogP contribution in [0, 0.1) is 11.3 Å². The number of benzene rings is 1. The number of nitrogens with two attached hydrogens (primary N) is 1. The minimum absolute atomic E-state index is 0.00629. The van der Waals surface area contributed by atoms with E-state index in [0.717, 1.165) is 0 Å². The van der Waals surface area contributed by atoms with Crippen molar-refractivity contribution in [1.82, 2.24) is 4.90 Å². The maximum absolute atomic E-state index is 13.7. The quantitative estimate of drug-likeness (QED) is 0.396. The van der Waals surface area contributed by atoms with E-state index in [2.05, 4.69) is 0 Å². The van der Waals surface area contributed by atoms with Crippen LogP contribution in [-0.2, 0) is 16.0 Å². The summed E-state index contributed by atoms with van der Waals surface area (Å²) in [6.45, 7) is 1.74. The van der Waals surface area contributed by atoms with Gasteiger partial charge in [-0.25, -0.2) is 0 Å². The number of hydrogen-bond acceptors (Lipinski definition) is 9.